The van der Waals surface area contributed by atoms with Gasteiger partial charge in [-0.1, -0.05) is 0 Å². The average Bonchev–Trinajstić information content (AvgIpc) is 2.98. The third-order valence-electron chi connectivity index (χ3n) is 2.68. The molecule has 0 bridgehead atoms. The zero-order chi connectivity index (χ0) is 15.8. The van der Waals surface area contributed by atoms with Crippen LogP contribution < -0.4 is 10.6 Å². The number of nitrogens with one attached hydrogen (secondary N) is 3. The summed E-state index contributed by atoms with van der Waals surface area (Å²) in [6.45, 7) is 0.116. The summed E-state index contributed by atoms with van der Waals surface area (Å²) < 4.78 is 0. The van der Waals surface area contributed by atoms with Gasteiger partial charge in [0.15, 0.2) is 5.65 Å². The summed E-state index contributed by atoms with van der Waals surface area (Å²) in [6, 6.07) is -0.468. The number of fused-ring (bicyclic) bond motifs is 1. The van der Waals surface area contributed by atoms with Gasteiger partial charge < -0.3 is 20.7 Å². The number of carbonyl (C=O) groups excluding carboxylic acids is 1. The molecule has 2 aromatic heterocycles. The van der Waals surface area contributed by atoms with Gasteiger partial charge in [0.1, 0.15) is 23.4 Å². The fourth-order valence-electron chi connectivity index (χ4n) is 1.67. The minimum Gasteiger partial charge on any atom is -0.480 e. The van der Waals surface area contributed by atoms with Crippen molar-refractivity contribution in [3.05, 3.63) is 12.7 Å². The maximum Gasteiger partial charge on any atom is 0.323 e. The van der Waals surface area contributed by atoms with Gasteiger partial charge in [0, 0.05) is 6.54 Å². The van der Waals surface area contributed by atoms with Gasteiger partial charge in [0.2, 0.25) is 0 Å². The van der Waals surface area contributed by atoms with E-state index in [-0.39, 0.29) is 6.54 Å². The molecule has 0 atom stereocenters. The highest BCUT2D eigenvalue weighted by molar-refractivity contribution is 7.99. The number of aromatic nitrogens is 4. The molecule has 0 aromatic carbocycles. The molecule has 10 heteroatoms. The smallest absolute Gasteiger partial charge is 0.323 e. The molecule has 4 N–H and O–H groups in total. The van der Waals surface area contributed by atoms with E-state index >= 15 is 0 Å². The van der Waals surface area contributed by atoms with Gasteiger partial charge in [-0.05, 0) is 18.6 Å². The SMILES string of the molecule is O=C(O)CNC(=O)NCCCCSc1ncnc2nc[nH]c12. The van der Waals surface area contributed by atoms with Crippen LogP contribution in [0.4, 0.5) is 4.79 Å². The first-order valence-corrected chi connectivity index (χ1v) is 7.66. The maximum atomic E-state index is 11.2. The van der Waals surface area contributed by atoms with Crippen molar-refractivity contribution < 1.29 is 14.7 Å². The number of carbonyl (C=O) groups is 2. The van der Waals surface area contributed by atoms with E-state index in [2.05, 4.69) is 30.6 Å². The van der Waals surface area contributed by atoms with Crippen molar-refractivity contribution in [1.82, 2.24) is 30.6 Å². The standard InChI is InChI=1S/C12H16N6O3S/c19-8(20)5-14-12(21)13-3-1-2-4-22-11-9-10(16-6-15-9)17-7-18-11/h6-7H,1-5H2,(H,19,20)(H2,13,14,21)(H,15,16,17,18). The Morgan fingerprint density at radius 1 is 1.23 bits per heavy atom. The third-order valence-corrected chi connectivity index (χ3v) is 3.76. The first kappa shape index (κ1) is 16.0. The quantitative estimate of drug-likeness (QED) is 0.317. The molecule has 2 aromatic rings. The number of unbranched alkanes of at least 4 members (excludes halogenated alkanes) is 1. The van der Waals surface area contributed by atoms with Crippen molar-refractivity contribution in [3.8, 4) is 0 Å². The molecule has 2 heterocycles. The fourth-order valence-corrected chi connectivity index (χ4v) is 2.63. The van der Waals surface area contributed by atoms with Gasteiger partial charge in [0.05, 0.1) is 6.33 Å². The largest absolute Gasteiger partial charge is 0.480 e. The Kier molecular flexibility index (Phi) is 5.95. The van der Waals surface area contributed by atoms with Crippen molar-refractivity contribution >= 4 is 34.9 Å². The van der Waals surface area contributed by atoms with Gasteiger partial charge in [-0.2, -0.15) is 0 Å². The van der Waals surface area contributed by atoms with E-state index in [1.165, 1.54) is 6.33 Å². The second kappa shape index (κ2) is 8.17. The van der Waals surface area contributed by atoms with E-state index in [1.807, 2.05) is 0 Å². The van der Waals surface area contributed by atoms with E-state index in [4.69, 9.17) is 5.11 Å². The van der Waals surface area contributed by atoms with E-state index in [1.54, 1.807) is 18.1 Å². The molecule has 0 radical (unpaired) electrons. The summed E-state index contributed by atoms with van der Waals surface area (Å²) >= 11 is 1.60. The lowest BCUT2D eigenvalue weighted by atomic mass is 10.3. The highest BCUT2D eigenvalue weighted by Crippen LogP contribution is 2.22. The number of hydrogen-bond acceptors (Lipinski definition) is 6. The number of aliphatic carboxylic acids is 1. The normalized spacial score (nSPS) is 10.5. The Hall–Kier alpha value is -2.36. The first-order valence-electron chi connectivity index (χ1n) is 6.67. The van der Waals surface area contributed by atoms with Gasteiger partial charge in [0.25, 0.3) is 0 Å². The van der Waals surface area contributed by atoms with Crippen LogP contribution in [-0.2, 0) is 4.79 Å². The van der Waals surface area contributed by atoms with E-state index < -0.39 is 12.0 Å². The van der Waals surface area contributed by atoms with Gasteiger partial charge in [-0.25, -0.2) is 19.7 Å². The van der Waals surface area contributed by atoms with Crippen LogP contribution in [0.2, 0.25) is 0 Å². The number of amides is 2. The molecule has 0 fully saturated rings. The minimum atomic E-state index is -1.07. The summed E-state index contributed by atoms with van der Waals surface area (Å²) in [7, 11) is 0. The molecule has 22 heavy (non-hydrogen) atoms. The number of nitrogens with zero attached hydrogens (tertiary/aromatic N) is 3. The number of H-pyrrole nitrogens is 1. The minimum absolute atomic E-state index is 0.379. The van der Waals surface area contributed by atoms with Crippen LogP contribution in [0.3, 0.4) is 0 Å². The summed E-state index contributed by atoms with van der Waals surface area (Å²) in [6.07, 6.45) is 4.76. The number of urea groups is 1. The lowest BCUT2D eigenvalue weighted by Crippen LogP contribution is -2.38. The number of hydrogen-bond donors (Lipinski definition) is 4. The van der Waals surface area contributed by atoms with E-state index in [0.29, 0.717) is 12.2 Å². The number of carboxylic acids is 1. The van der Waals surface area contributed by atoms with Crippen LogP contribution in [-0.4, -0.2) is 55.9 Å². The molecule has 0 spiro atoms. The Bertz CT molecular complexity index is 647. The van der Waals surface area contributed by atoms with Crippen molar-refractivity contribution in [3.63, 3.8) is 0 Å². The van der Waals surface area contributed by atoms with Crippen LogP contribution >= 0.6 is 11.8 Å². The van der Waals surface area contributed by atoms with Crippen LogP contribution in [0, 0.1) is 0 Å². The molecule has 0 saturated carbocycles. The monoisotopic (exact) mass is 324 g/mol. The highest BCUT2D eigenvalue weighted by Gasteiger charge is 2.06. The zero-order valence-electron chi connectivity index (χ0n) is 11.7. The van der Waals surface area contributed by atoms with Crippen molar-refractivity contribution in [2.75, 3.05) is 18.8 Å². The van der Waals surface area contributed by atoms with Crippen LogP contribution in [0.25, 0.3) is 11.2 Å². The summed E-state index contributed by atoms with van der Waals surface area (Å²) in [5, 5.41) is 14.1. The number of aromatic amines is 1. The Labute approximate surface area is 130 Å². The highest BCUT2D eigenvalue weighted by atomic mass is 32.2. The first-order chi connectivity index (χ1) is 10.7. The number of imidazole rings is 1. The van der Waals surface area contributed by atoms with E-state index in [0.717, 1.165) is 29.1 Å². The summed E-state index contributed by atoms with van der Waals surface area (Å²) in [4.78, 5) is 36.8. The predicted molar refractivity (Wildman–Crippen MR) is 80.7 cm³/mol. The Morgan fingerprint density at radius 3 is 2.91 bits per heavy atom. The molecule has 0 aliphatic rings. The average molecular weight is 324 g/mol. The predicted octanol–water partition coefficient (Wildman–Crippen LogP) is 0.609. The molecule has 0 aliphatic carbocycles. The second-order valence-corrected chi connectivity index (χ2v) is 5.42. The zero-order valence-corrected chi connectivity index (χ0v) is 12.5. The number of carboxylic acid groups (broad SMARTS) is 1. The molecular weight excluding hydrogens is 308 g/mol. The Morgan fingerprint density at radius 2 is 2.09 bits per heavy atom. The molecule has 2 rings (SSSR count). The van der Waals surface area contributed by atoms with Crippen LogP contribution in [0.15, 0.2) is 17.7 Å². The van der Waals surface area contributed by atoms with Crippen molar-refractivity contribution in [2.24, 2.45) is 0 Å². The van der Waals surface area contributed by atoms with Gasteiger partial charge in [-0.15, -0.1) is 11.8 Å². The molecule has 9 nitrogen and oxygen atoms in total. The van der Waals surface area contributed by atoms with Crippen LogP contribution in [0.1, 0.15) is 12.8 Å². The van der Waals surface area contributed by atoms with Crippen molar-refractivity contribution in [2.45, 2.75) is 17.9 Å². The number of rotatable bonds is 8. The molecule has 118 valence electrons. The molecule has 0 aliphatic heterocycles. The summed E-state index contributed by atoms with van der Waals surface area (Å²) in [5.74, 6) is -0.217. The van der Waals surface area contributed by atoms with Crippen LogP contribution in [0.5, 0.6) is 0 Å². The van der Waals surface area contributed by atoms with Gasteiger partial charge >= 0.3 is 12.0 Å². The van der Waals surface area contributed by atoms with Gasteiger partial charge in [-0.3, -0.25) is 4.79 Å². The topological polar surface area (TPSA) is 133 Å². The Balaban J connectivity index is 1.61. The fraction of sp³-hybridized carbons (Fsp3) is 0.417. The summed E-state index contributed by atoms with van der Waals surface area (Å²) in [5.41, 5.74) is 1.48. The molecule has 0 unspecified atom stereocenters. The maximum absolute atomic E-state index is 11.2. The molecular formula is C12H16N6O3S. The third kappa shape index (κ3) is 4.88. The van der Waals surface area contributed by atoms with Crippen molar-refractivity contribution in [1.29, 1.82) is 0 Å². The molecule has 2 amide bonds. The number of thioether (sulfide) groups is 1. The lowest BCUT2D eigenvalue weighted by Gasteiger charge is -2.05. The second-order valence-electron chi connectivity index (χ2n) is 4.34. The molecule has 0 saturated heterocycles. The lowest BCUT2D eigenvalue weighted by molar-refractivity contribution is -0.135. The van der Waals surface area contributed by atoms with E-state index in [9.17, 15) is 9.59 Å².